The number of hydrogen-bond donors (Lipinski definition) is 0. The Bertz CT molecular complexity index is 789. The van der Waals surface area contributed by atoms with E-state index < -0.39 is 0 Å². The molecule has 0 unspecified atom stereocenters. The van der Waals surface area contributed by atoms with E-state index in [0.717, 1.165) is 22.4 Å². The summed E-state index contributed by atoms with van der Waals surface area (Å²) in [5.74, 6) is 1.56. The Labute approximate surface area is 127 Å². The smallest absolute Gasteiger partial charge is 0.222 e. The van der Waals surface area contributed by atoms with Gasteiger partial charge in [-0.25, -0.2) is 0 Å². The van der Waals surface area contributed by atoms with Crippen molar-refractivity contribution in [3.8, 4) is 28.7 Å². The van der Waals surface area contributed by atoms with Gasteiger partial charge in [0.15, 0.2) is 0 Å². The first kappa shape index (κ1) is 14.0. The second kappa shape index (κ2) is 5.80. The van der Waals surface area contributed by atoms with Gasteiger partial charge in [-0.15, -0.1) is 20.4 Å². The second-order valence-electron chi connectivity index (χ2n) is 4.74. The second-order valence-corrected chi connectivity index (χ2v) is 4.74. The van der Waals surface area contributed by atoms with Crippen LogP contribution in [-0.2, 0) is 0 Å². The van der Waals surface area contributed by atoms with E-state index in [1.165, 1.54) is 0 Å². The lowest BCUT2D eigenvalue weighted by Crippen LogP contribution is -2.03. The van der Waals surface area contributed by atoms with Gasteiger partial charge in [0.2, 0.25) is 11.6 Å². The molecular weight excluding hydrogens is 280 g/mol. The normalized spacial score (nSPS) is 10.5. The lowest BCUT2D eigenvalue weighted by molar-refractivity contribution is 0.408. The fourth-order valence-corrected chi connectivity index (χ4v) is 2.19. The Morgan fingerprint density at radius 2 is 1.68 bits per heavy atom. The molecule has 0 atom stereocenters. The van der Waals surface area contributed by atoms with E-state index >= 15 is 0 Å². The predicted octanol–water partition coefficient (Wildman–Crippen LogP) is 2.02. The number of nitrogens with zero attached hydrogens (tertiary/aromatic N) is 6. The van der Waals surface area contributed by atoms with Crippen molar-refractivity contribution >= 4 is 0 Å². The third-order valence-electron chi connectivity index (χ3n) is 3.26. The van der Waals surface area contributed by atoms with Crippen LogP contribution in [0.5, 0.6) is 5.75 Å². The highest BCUT2D eigenvalue weighted by Crippen LogP contribution is 2.28. The number of rotatable bonds is 3. The summed E-state index contributed by atoms with van der Waals surface area (Å²) in [6.45, 7) is 3.85. The fraction of sp³-hybridized carbons (Fsp3) is 0.200. The van der Waals surface area contributed by atoms with Crippen molar-refractivity contribution in [2.75, 3.05) is 7.11 Å². The quantitative estimate of drug-likeness (QED) is 0.730. The highest BCUT2D eigenvalue weighted by atomic mass is 16.5. The zero-order valence-corrected chi connectivity index (χ0v) is 12.5. The molecule has 0 N–H and O–H groups in total. The van der Waals surface area contributed by atoms with Gasteiger partial charge in [-0.2, -0.15) is 0 Å². The number of aromatic nitrogens is 6. The maximum atomic E-state index is 5.39. The summed E-state index contributed by atoms with van der Waals surface area (Å²) in [7, 11) is 1.63. The first-order valence-electron chi connectivity index (χ1n) is 6.69. The van der Waals surface area contributed by atoms with Gasteiger partial charge in [0, 0.05) is 35.3 Å². The maximum Gasteiger partial charge on any atom is 0.222 e. The van der Waals surface area contributed by atoms with Gasteiger partial charge in [0.1, 0.15) is 11.4 Å². The minimum Gasteiger partial charge on any atom is -0.496 e. The van der Waals surface area contributed by atoms with Gasteiger partial charge in [-0.1, -0.05) is 0 Å². The van der Waals surface area contributed by atoms with Crippen molar-refractivity contribution in [1.29, 1.82) is 0 Å². The molecule has 0 aliphatic carbocycles. The van der Waals surface area contributed by atoms with E-state index in [2.05, 4.69) is 30.4 Å². The number of methoxy groups -OCH3 is 1. The third kappa shape index (κ3) is 2.48. The fourth-order valence-electron chi connectivity index (χ4n) is 2.19. The minimum absolute atomic E-state index is 0.364. The predicted molar refractivity (Wildman–Crippen MR) is 80.1 cm³/mol. The Hall–Kier alpha value is -2.96. The van der Waals surface area contributed by atoms with E-state index in [9.17, 15) is 0 Å². The molecule has 110 valence electrons. The summed E-state index contributed by atoms with van der Waals surface area (Å²) in [5.41, 5.74) is 3.19. The van der Waals surface area contributed by atoms with Gasteiger partial charge < -0.3 is 4.74 Å². The highest BCUT2D eigenvalue weighted by Gasteiger charge is 2.15. The lowest BCUT2D eigenvalue weighted by Gasteiger charge is -2.10. The van der Waals surface area contributed by atoms with E-state index in [4.69, 9.17) is 4.74 Å². The van der Waals surface area contributed by atoms with Crippen LogP contribution >= 0.6 is 0 Å². The summed E-state index contributed by atoms with van der Waals surface area (Å²) in [6, 6.07) is 3.66. The van der Waals surface area contributed by atoms with Crippen molar-refractivity contribution in [1.82, 2.24) is 30.4 Å². The third-order valence-corrected chi connectivity index (χ3v) is 3.26. The van der Waals surface area contributed by atoms with Crippen molar-refractivity contribution < 1.29 is 4.74 Å². The van der Waals surface area contributed by atoms with Crippen LogP contribution in [0.3, 0.4) is 0 Å². The summed E-state index contributed by atoms with van der Waals surface area (Å²) in [4.78, 5) is 8.39. The zero-order valence-electron chi connectivity index (χ0n) is 12.5. The molecule has 0 aliphatic heterocycles. The Morgan fingerprint density at radius 1 is 0.955 bits per heavy atom. The number of pyridine rings is 2. The van der Waals surface area contributed by atoms with Crippen LogP contribution in [0.4, 0.5) is 0 Å². The summed E-state index contributed by atoms with van der Waals surface area (Å²) in [6.07, 6.45) is 5.07. The van der Waals surface area contributed by atoms with Crippen molar-refractivity contribution in [3.05, 3.63) is 41.9 Å². The van der Waals surface area contributed by atoms with Crippen LogP contribution in [-0.4, -0.2) is 37.5 Å². The molecule has 0 bridgehead atoms. The molecule has 22 heavy (non-hydrogen) atoms. The number of ether oxygens (including phenoxy) is 1. The summed E-state index contributed by atoms with van der Waals surface area (Å²) in [5, 5.41) is 16.4. The molecule has 0 spiro atoms. The van der Waals surface area contributed by atoms with Crippen molar-refractivity contribution in [2.24, 2.45) is 0 Å². The largest absolute Gasteiger partial charge is 0.496 e. The van der Waals surface area contributed by atoms with Gasteiger partial charge in [-0.3, -0.25) is 9.97 Å². The van der Waals surface area contributed by atoms with E-state index in [-0.39, 0.29) is 0 Å². The first-order chi connectivity index (χ1) is 10.7. The minimum atomic E-state index is 0.364. The molecule has 0 saturated heterocycles. The van der Waals surface area contributed by atoms with Crippen LogP contribution in [0.1, 0.15) is 11.1 Å². The van der Waals surface area contributed by atoms with Gasteiger partial charge >= 0.3 is 0 Å². The van der Waals surface area contributed by atoms with Crippen molar-refractivity contribution in [3.63, 3.8) is 0 Å². The molecule has 3 aromatic rings. The molecule has 0 aromatic carbocycles. The molecule has 3 rings (SSSR count). The van der Waals surface area contributed by atoms with Crippen LogP contribution in [0.2, 0.25) is 0 Å². The lowest BCUT2D eigenvalue weighted by atomic mass is 10.1. The molecule has 0 radical (unpaired) electrons. The molecule has 0 aliphatic rings. The average Bonchev–Trinajstić information content (AvgIpc) is 2.56. The number of aryl methyl sites for hydroxylation is 1. The van der Waals surface area contributed by atoms with Crippen LogP contribution < -0.4 is 4.74 Å². The zero-order chi connectivity index (χ0) is 15.5. The maximum absolute atomic E-state index is 5.39. The van der Waals surface area contributed by atoms with Gasteiger partial charge in [-0.05, 0) is 26.0 Å². The molecule has 0 fully saturated rings. The molecule has 7 nitrogen and oxygen atoms in total. The SMILES string of the molecule is COc1c(C)cnc(-c2nnc(-c3cccnc3)nn2)c1C. The summed E-state index contributed by atoms with van der Waals surface area (Å²) >= 11 is 0. The van der Waals surface area contributed by atoms with Gasteiger partial charge in [0.05, 0.1) is 7.11 Å². The topological polar surface area (TPSA) is 86.6 Å². The standard InChI is InChI=1S/C15H14N6O/c1-9-7-17-12(10(2)13(9)22-3)15-20-18-14(19-21-15)11-5-4-6-16-8-11/h4-8H,1-3H3. The van der Waals surface area contributed by atoms with Crippen LogP contribution in [0.15, 0.2) is 30.7 Å². The van der Waals surface area contributed by atoms with E-state index in [1.54, 1.807) is 25.7 Å². The summed E-state index contributed by atoms with van der Waals surface area (Å²) < 4.78 is 5.39. The van der Waals surface area contributed by atoms with Crippen molar-refractivity contribution in [2.45, 2.75) is 13.8 Å². The Balaban J connectivity index is 2.01. The average molecular weight is 294 g/mol. The molecular formula is C15H14N6O. The van der Waals surface area contributed by atoms with Crippen LogP contribution in [0, 0.1) is 13.8 Å². The van der Waals surface area contributed by atoms with Crippen LogP contribution in [0.25, 0.3) is 22.9 Å². The number of hydrogen-bond acceptors (Lipinski definition) is 7. The Morgan fingerprint density at radius 3 is 2.32 bits per heavy atom. The van der Waals surface area contributed by atoms with Gasteiger partial charge in [0.25, 0.3) is 0 Å². The Kier molecular flexibility index (Phi) is 3.69. The van der Waals surface area contributed by atoms with E-state index in [0.29, 0.717) is 17.3 Å². The van der Waals surface area contributed by atoms with E-state index in [1.807, 2.05) is 26.0 Å². The molecule has 7 heteroatoms. The monoisotopic (exact) mass is 294 g/mol. The molecule has 0 amide bonds. The molecule has 0 saturated carbocycles. The first-order valence-corrected chi connectivity index (χ1v) is 6.69. The molecule has 3 aromatic heterocycles. The molecule has 3 heterocycles. The highest BCUT2D eigenvalue weighted by molar-refractivity contribution is 5.60.